The molecule has 0 unspecified atom stereocenters. The van der Waals surface area contributed by atoms with Crippen LogP contribution in [0.4, 0.5) is 0 Å². The predicted octanol–water partition coefficient (Wildman–Crippen LogP) is 8.02. The van der Waals surface area contributed by atoms with E-state index in [-0.39, 0.29) is 6.10 Å². The van der Waals surface area contributed by atoms with E-state index in [1.165, 1.54) is 57.8 Å². The highest BCUT2D eigenvalue weighted by molar-refractivity contribution is 5.25. The molecular formula is C29H50O. The van der Waals surface area contributed by atoms with Gasteiger partial charge in [0.1, 0.15) is 0 Å². The van der Waals surface area contributed by atoms with Gasteiger partial charge in [0.25, 0.3) is 0 Å². The molecule has 30 heavy (non-hydrogen) atoms. The summed E-state index contributed by atoms with van der Waals surface area (Å²) < 4.78 is 0. The molecule has 3 saturated carbocycles. The zero-order valence-corrected chi connectivity index (χ0v) is 20.9. The molecule has 1 N–H and O–H groups in total. The van der Waals surface area contributed by atoms with Gasteiger partial charge in [0.2, 0.25) is 0 Å². The van der Waals surface area contributed by atoms with E-state index in [0.29, 0.717) is 10.8 Å². The molecule has 0 saturated heterocycles. The normalized spacial score (nSPS) is 45.3. The largest absolute Gasteiger partial charge is 0.393 e. The molecule has 4 aliphatic rings. The number of allylic oxidation sites excluding steroid dienone is 1. The Kier molecular flexibility index (Phi) is 6.53. The maximum absolute atomic E-state index is 10.2. The van der Waals surface area contributed by atoms with Gasteiger partial charge in [-0.1, -0.05) is 66.0 Å². The summed E-state index contributed by atoms with van der Waals surface area (Å²) in [5.74, 6) is 6.31. The van der Waals surface area contributed by atoms with Gasteiger partial charge in [0.15, 0.2) is 0 Å². The smallest absolute Gasteiger partial charge is 0.0577 e. The zero-order chi connectivity index (χ0) is 21.7. The summed E-state index contributed by atoms with van der Waals surface area (Å²) >= 11 is 0. The van der Waals surface area contributed by atoms with Crippen LogP contribution in [0.15, 0.2) is 11.6 Å². The molecule has 1 heteroatoms. The van der Waals surface area contributed by atoms with Crippen LogP contribution in [0.25, 0.3) is 0 Å². The SMILES string of the molecule is CC[C@H](CC[C@H](C)[C@H]1CC[C@H]2[C@H]3CC=C4C[C@@H](O)CC[C@]4(C)[C@@H]3CC[C@]12C)C(C)C. The molecule has 4 aliphatic carbocycles. The first-order valence-corrected chi connectivity index (χ1v) is 13.6. The van der Waals surface area contributed by atoms with Crippen LogP contribution in [0.3, 0.4) is 0 Å². The van der Waals surface area contributed by atoms with Gasteiger partial charge in [0, 0.05) is 0 Å². The van der Waals surface area contributed by atoms with Gasteiger partial charge in [-0.25, -0.2) is 0 Å². The van der Waals surface area contributed by atoms with Crippen LogP contribution in [-0.2, 0) is 0 Å². The predicted molar refractivity (Wildman–Crippen MR) is 128 cm³/mol. The number of hydrogen-bond acceptors (Lipinski definition) is 1. The summed E-state index contributed by atoms with van der Waals surface area (Å²) in [7, 11) is 0. The molecule has 3 fully saturated rings. The third kappa shape index (κ3) is 3.74. The molecule has 0 bridgehead atoms. The molecule has 0 spiro atoms. The van der Waals surface area contributed by atoms with E-state index in [0.717, 1.165) is 54.3 Å². The maximum Gasteiger partial charge on any atom is 0.0577 e. The Morgan fingerprint density at radius 2 is 1.77 bits per heavy atom. The van der Waals surface area contributed by atoms with Crippen LogP contribution < -0.4 is 0 Å². The van der Waals surface area contributed by atoms with Crippen molar-refractivity contribution in [3.8, 4) is 0 Å². The lowest BCUT2D eigenvalue weighted by atomic mass is 9.47. The van der Waals surface area contributed by atoms with Crippen LogP contribution in [-0.4, -0.2) is 11.2 Å². The van der Waals surface area contributed by atoms with Crippen molar-refractivity contribution in [2.24, 2.45) is 52.3 Å². The van der Waals surface area contributed by atoms with Gasteiger partial charge >= 0.3 is 0 Å². The molecule has 0 aromatic carbocycles. The van der Waals surface area contributed by atoms with E-state index in [9.17, 15) is 5.11 Å². The molecular weight excluding hydrogens is 364 g/mol. The topological polar surface area (TPSA) is 20.2 Å². The van der Waals surface area contributed by atoms with E-state index in [4.69, 9.17) is 0 Å². The quantitative estimate of drug-likeness (QED) is 0.436. The highest BCUT2D eigenvalue weighted by Crippen LogP contribution is 2.67. The second-order valence-electron chi connectivity index (χ2n) is 12.9. The number of hydrogen-bond donors (Lipinski definition) is 1. The minimum Gasteiger partial charge on any atom is -0.393 e. The number of aliphatic hydroxyl groups excluding tert-OH is 1. The molecule has 0 amide bonds. The lowest BCUT2D eigenvalue weighted by Crippen LogP contribution is -2.50. The van der Waals surface area contributed by atoms with Crippen molar-refractivity contribution in [2.45, 2.75) is 118 Å². The fourth-order valence-electron chi connectivity index (χ4n) is 9.30. The van der Waals surface area contributed by atoms with Crippen LogP contribution in [0.5, 0.6) is 0 Å². The molecule has 172 valence electrons. The Morgan fingerprint density at radius 1 is 1.00 bits per heavy atom. The summed E-state index contributed by atoms with van der Waals surface area (Å²) in [5.41, 5.74) is 2.59. The Labute approximate surface area is 187 Å². The van der Waals surface area contributed by atoms with E-state index >= 15 is 0 Å². The highest BCUT2D eigenvalue weighted by atomic mass is 16.3. The monoisotopic (exact) mass is 414 g/mol. The number of rotatable bonds is 6. The zero-order valence-electron chi connectivity index (χ0n) is 20.9. The number of fused-ring (bicyclic) bond motifs is 5. The molecule has 1 nitrogen and oxygen atoms in total. The third-order valence-electron chi connectivity index (χ3n) is 11.3. The van der Waals surface area contributed by atoms with Gasteiger partial charge in [-0.2, -0.15) is 0 Å². The molecule has 0 radical (unpaired) electrons. The summed E-state index contributed by atoms with van der Waals surface area (Å²) in [6.45, 7) is 15.1. The third-order valence-corrected chi connectivity index (χ3v) is 11.3. The van der Waals surface area contributed by atoms with E-state index in [1.54, 1.807) is 5.57 Å². The molecule has 0 heterocycles. The minimum atomic E-state index is -0.0794. The molecule has 0 aliphatic heterocycles. The first-order valence-electron chi connectivity index (χ1n) is 13.6. The maximum atomic E-state index is 10.2. The van der Waals surface area contributed by atoms with Gasteiger partial charge in [-0.3, -0.25) is 0 Å². The summed E-state index contributed by atoms with van der Waals surface area (Å²) in [6.07, 6.45) is 17.1. The van der Waals surface area contributed by atoms with Crippen LogP contribution in [0.2, 0.25) is 0 Å². The Morgan fingerprint density at radius 3 is 2.47 bits per heavy atom. The molecule has 4 rings (SSSR count). The van der Waals surface area contributed by atoms with Gasteiger partial charge in [-0.15, -0.1) is 0 Å². The lowest BCUT2D eigenvalue weighted by Gasteiger charge is -2.58. The van der Waals surface area contributed by atoms with E-state index < -0.39 is 0 Å². The van der Waals surface area contributed by atoms with Crippen molar-refractivity contribution >= 4 is 0 Å². The summed E-state index contributed by atoms with van der Waals surface area (Å²) in [5, 5.41) is 10.2. The first-order chi connectivity index (χ1) is 14.2. The lowest BCUT2D eigenvalue weighted by molar-refractivity contribution is -0.0575. The molecule has 0 aromatic heterocycles. The first kappa shape index (κ1) is 22.9. The summed E-state index contributed by atoms with van der Waals surface area (Å²) in [4.78, 5) is 0. The van der Waals surface area contributed by atoms with Crippen molar-refractivity contribution in [2.75, 3.05) is 0 Å². The Hall–Kier alpha value is -0.300. The molecule has 9 atom stereocenters. The Balaban J connectivity index is 1.47. The van der Waals surface area contributed by atoms with Crippen molar-refractivity contribution in [3.05, 3.63) is 11.6 Å². The molecule has 0 aromatic rings. The van der Waals surface area contributed by atoms with Crippen LogP contribution in [0.1, 0.15) is 112 Å². The van der Waals surface area contributed by atoms with Crippen molar-refractivity contribution in [1.29, 1.82) is 0 Å². The van der Waals surface area contributed by atoms with Crippen molar-refractivity contribution in [3.63, 3.8) is 0 Å². The average Bonchev–Trinajstić information content (AvgIpc) is 3.06. The van der Waals surface area contributed by atoms with Crippen LogP contribution in [0, 0.1) is 52.3 Å². The van der Waals surface area contributed by atoms with Crippen molar-refractivity contribution < 1.29 is 5.11 Å². The number of aliphatic hydroxyl groups is 1. The minimum absolute atomic E-state index is 0.0794. The van der Waals surface area contributed by atoms with Crippen molar-refractivity contribution in [1.82, 2.24) is 0 Å². The van der Waals surface area contributed by atoms with Gasteiger partial charge in [0.05, 0.1) is 6.10 Å². The summed E-state index contributed by atoms with van der Waals surface area (Å²) in [6, 6.07) is 0. The Bertz CT molecular complexity index is 634. The van der Waals surface area contributed by atoms with Gasteiger partial charge < -0.3 is 5.11 Å². The van der Waals surface area contributed by atoms with E-state index in [1.807, 2.05) is 0 Å². The fourth-order valence-corrected chi connectivity index (χ4v) is 9.30. The van der Waals surface area contributed by atoms with E-state index in [2.05, 4.69) is 47.6 Å². The van der Waals surface area contributed by atoms with Gasteiger partial charge in [-0.05, 0) is 110 Å². The standard InChI is InChI=1S/C29H50O/c1-7-21(19(2)3)9-8-20(4)25-12-13-26-24-11-10-22-18-23(30)14-16-28(22,5)27(24)15-17-29(25,26)6/h10,19-21,23-27,30H,7-9,11-18H2,1-6H3/t20-,21+,23-,24+,25+,26-,27+,28-,29+/m0/s1. The second-order valence-corrected chi connectivity index (χ2v) is 12.9. The average molecular weight is 415 g/mol. The second kappa shape index (κ2) is 8.57. The highest BCUT2D eigenvalue weighted by Gasteiger charge is 2.59. The fraction of sp³-hybridized carbons (Fsp3) is 0.931. The van der Waals surface area contributed by atoms with Crippen LogP contribution >= 0.6 is 0 Å².